The van der Waals surface area contributed by atoms with Crippen molar-refractivity contribution in [1.29, 1.82) is 0 Å². The predicted molar refractivity (Wildman–Crippen MR) is 107 cm³/mol. The lowest BCUT2D eigenvalue weighted by Gasteiger charge is -2.30. The number of rotatable bonds is 8. The van der Waals surface area contributed by atoms with E-state index in [0.717, 1.165) is 30.5 Å². The van der Waals surface area contributed by atoms with Gasteiger partial charge in [0.25, 0.3) is 5.91 Å². The van der Waals surface area contributed by atoms with Gasteiger partial charge < -0.3 is 15.0 Å². The Morgan fingerprint density at radius 3 is 2.74 bits per heavy atom. The fourth-order valence-electron chi connectivity index (χ4n) is 3.17. The lowest BCUT2D eigenvalue weighted by atomic mass is 10.1. The van der Waals surface area contributed by atoms with Crippen LogP contribution in [-0.4, -0.2) is 25.0 Å². The molecule has 0 atom stereocenters. The predicted octanol–water partition coefficient (Wildman–Crippen LogP) is 4.17. The van der Waals surface area contributed by atoms with Crippen LogP contribution in [0.4, 0.5) is 11.4 Å². The molecule has 0 aliphatic carbocycles. The molecule has 2 amide bonds. The number of fused-ring (bicyclic) bond motifs is 1. The minimum absolute atomic E-state index is 0.0360. The highest BCUT2D eigenvalue weighted by Crippen LogP contribution is 2.34. The Bertz CT molecular complexity index is 789. The lowest BCUT2D eigenvalue weighted by molar-refractivity contribution is -0.121. The average molecular weight is 366 g/mol. The number of ether oxygens (including phenoxy) is 1. The van der Waals surface area contributed by atoms with E-state index in [4.69, 9.17) is 4.74 Å². The summed E-state index contributed by atoms with van der Waals surface area (Å²) in [6.45, 7) is 2.88. The summed E-state index contributed by atoms with van der Waals surface area (Å²) in [7, 11) is 0. The van der Waals surface area contributed by atoms with E-state index in [9.17, 15) is 9.59 Å². The van der Waals surface area contributed by atoms with Crippen molar-refractivity contribution >= 4 is 23.2 Å². The van der Waals surface area contributed by atoms with Crippen molar-refractivity contribution in [1.82, 2.24) is 0 Å². The Kier molecular flexibility index (Phi) is 6.47. The van der Waals surface area contributed by atoms with Gasteiger partial charge in [0.15, 0.2) is 6.61 Å². The van der Waals surface area contributed by atoms with Gasteiger partial charge in [0, 0.05) is 18.7 Å². The van der Waals surface area contributed by atoms with Crippen molar-refractivity contribution in [3.8, 4) is 5.75 Å². The maximum Gasteiger partial charge on any atom is 0.265 e. The SMILES string of the molecule is CCCCCN1C(=O)COc2ccc(NC(=O)CCc3ccccc3)cc21. The largest absolute Gasteiger partial charge is 0.482 e. The number of unbranched alkanes of at least 4 members (excludes halogenated alkanes) is 2. The zero-order valence-electron chi connectivity index (χ0n) is 15.7. The summed E-state index contributed by atoms with van der Waals surface area (Å²) in [5, 5.41) is 2.93. The molecule has 0 unspecified atom stereocenters. The number of hydrogen-bond acceptors (Lipinski definition) is 3. The van der Waals surface area contributed by atoms with Crippen molar-refractivity contribution < 1.29 is 14.3 Å². The van der Waals surface area contributed by atoms with Gasteiger partial charge in [0.05, 0.1) is 5.69 Å². The number of benzene rings is 2. The van der Waals surface area contributed by atoms with Crippen LogP contribution in [-0.2, 0) is 16.0 Å². The van der Waals surface area contributed by atoms with E-state index in [1.807, 2.05) is 48.5 Å². The second-order valence-corrected chi connectivity index (χ2v) is 6.76. The third-order valence-corrected chi connectivity index (χ3v) is 4.65. The molecule has 1 heterocycles. The number of hydrogen-bond donors (Lipinski definition) is 1. The van der Waals surface area contributed by atoms with E-state index >= 15 is 0 Å². The number of nitrogens with one attached hydrogen (secondary N) is 1. The maximum atomic E-state index is 12.3. The van der Waals surface area contributed by atoms with Gasteiger partial charge in [-0.1, -0.05) is 50.1 Å². The highest BCUT2D eigenvalue weighted by molar-refractivity contribution is 5.99. The standard InChI is InChI=1S/C22H26N2O3/c1-2-3-7-14-24-19-15-18(11-12-20(19)27-16-22(24)26)23-21(25)13-10-17-8-5-4-6-9-17/h4-6,8-9,11-12,15H,2-3,7,10,13-14,16H2,1H3,(H,23,25). The van der Waals surface area contributed by atoms with Gasteiger partial charge in [0.2, 0.25) is 5.91 Å². The first-order valence-electron chi connectivity index (χ1n) is 9.58. The maximum absolute atomic E-state index is 12.3. The summed E-state index contributed by atoms with van der Waals surface area (Å²) in [4.78, 5) is 26.3. The van der Waals surface area contributed by atoms with Crippen LogP contribution in [0.2, 0.25) is 0 Å². The van der Waals surface area contributed by atoms with Crippen LogP contribution >= 0.6 is 0 Å². The normalized spacial score (nSPS) is 13.1. The van der Waals surface area contributed by atoms with Crippen LogP contribution < -0.4 is 15.0 Å². The molecular formula is C22H26N2O3. The first-order chi connectivity index (χ1) is 13.2. The summed E-state index contributed by atoms with van der Waals surface area (Å²) < 4.78 is 5.53. The number of aryl methyl sites for hydroxylation is 1. The van der Waals surface area contributed by atoms with E-state index in [2.05, 4.69) is 12.2 Å². The topological polar surface area (TPSA) is 58.6 Å². The monoisotopic (exact) mass is 366 g/mol. The van der Waals surface area contributed by atoms with Crippen LogP contribution in [0.1, 0.15) is 38.2 Å². The lowest BCUT2D eigenvalue weighted by Crippen LogP contribution is -2.39. The zero-order chi connectivity index (χ0) is 19.1. The minimum atomic E-state index is -0.0422. The van der Waals surface area contributed by atoms with Gasteiger partial charge >= 0.3 is 0 Å². The van der Waals surface area contributed by atoms with E-state index in [0.29, 0.717) is 30.8 Å². The van der Waals surface area contributed by atoms with Gasteiger partial charge in [-0.25, -0.2) is 0 Å². The third kappa shape index (κ3) is 5.09. The quantitative estimate of drug-likeness (QED) is 0.713. The number of carbonyl (C=O) groups excluding carboxylic acids is 2. The number of amides is 2. The van der Waals surface area contributed by atoms with Gasteiger partial charge in [-0.05, 0) is 36.6 Å². The molecule has 0 saturated carbocycles. The Hall–Kier alpha value is -2.82. The van der Waals surface area contributed by atoms with Gasteiger partial charge in [-0.3, -0.25) is 9.59 Å². The first-order valence-corrected chi connectivity index (χ1v) is 9.58. The van der Waals surface area contributed by atoms with Crippen molar-refractivity contribution in [2.45, 2.75) is 39.0 Å². The summed E-state index contributed by atoms with van der Waals surface area (Å²) >= 11 is 0. The molecule has 27 heavy (non-hydrogen) atoms. The molecule has 3 rings (SSSR count). The summed E-state index contributed by atoms with van der Waals surface area (Å²) in [6, 6.07) is 15.4. The van der Waals surface area contributed by atoms with Crippen LogP contribution in [0, 0.1) is 0 Å². The molecule has 5 nitrogen and oxygen atoms in total. The van der Waals surface area contributed by atoms with Crippen LogP contribution in [0.3, 0.4) is 0 Å². The Morgan fingerprint density at radius 2 is 1.96 bits per heavy atom. The van der Waals surface area contributed by atoms with E-state index < -0.39 is 0 Å². The number of nitrogens with zero attached hydrogens (tertiary/aromatic N) is 1. The van der Waals surface area contributed by atoms with Gasteiger partial charge in [-0.2, -0.15) is 0 Å². The molecule has 1 aliphatic rings. The molecule has 0 spiro atoms. The smallest absolute Gasteiger partial charge is 0.265 e. The van der Waals surface area contributed by atoms with E-state index in [1.165, 1.54) is 0 Å². The van der Waals surface area contributed by atoms with Crippen molar-refractivity contribution in [2.75, 3.05) is 23.4 Å². The second kappa shape index (κ2) is 9.21. The fraction of sp³-hybridized carbons (Fsp3) is 0.364. The highest BCUT2D eigenvalue weighted by Gasteiger charge is 2.25. The van der Waals surface area contributed by atoms with E-state index in [1.54, 1.807) is 4.90 Å². The first kappa shape index (κ1) is 19.0. The Labute approximate surface area is 160 Å². The number of anilines is 2. The van der Waals surface area contributed by atoms with Gasteiger partial charge in [0.1, 0.15) is 5.75 Å². The second-order valence-electron chi connectivity index (χ2n) is 6.76. The molecule has 1 N–H and O–H groups in total. The molecule has 5 heteroatoms. The summed E-state index contributed by atoms with van der Waals surface area (Å²) in [6.07, 6.45) is 4.24. The van der Waals surface area contributed by atoms with Crippen LogP contribution in [0.15, 0.2) is 48.5 Å². The fourth-order valence-corrected chi connectivity index (χ4v) is 3.17. The number of carbonyl (C=O) groups is 2. The molecule has 0 saturated heterocycles. The van der Waals surface area contributed by atoms with Crippen molar-refractivity contribution in [3.05, 3.63) is 54.1 Å². The van der Waals surface area contributed by atoms with E-state index in [-0.39, 0.29) is 18.4 Å². The Morgan fingerprint density at radius 1 is 1.15 bits per heavy atom. The Balaban J connectivity index is 1.65. The van der Waals surface area contributed by atoms with Gasteiger partial charge in [-0.15, -0.1) is 0 Å². The molecule has 1 aliphatic heterocycles. The van der Waals surface area contributed by atoms with Crippen molar-refractivity contribution in [2.24, 2.45) is 0 Å². The van der Waals surface area contributed by atoms with Crippen LogP contribution in [0.25, 0.3) is 0 Å². The minimum Gasteiger partial charge on any atom is -0.482 e. The zero-order valence-corrected chi connectivity index (χ0v) is 15.7. The molecule has 0 radical (unpaired) electrons. The molecule has 2 aromatic carbocycles. The van der Waals surface area contributed by atoms with Crippen molar-refractivity contribution in [3.63, 3.8) is 0 Å². The molecule has 2 aromatic rings. The molecule has 142 valence electrons. The summed E-state index contributed by atoms with van der Waals surface area (Å²) in [5.74, 6) is 0.610. The highest BCUT2D eigenvalue weighted by atomic mass is 16.5. The third-order valence-electron chi connectivity index (χ3n) is 4.65. The average Bonchev–Trinajstić information content (AvgIpc) is 2.69. The molecule has 0 bridgehead atoms. The molecular weight excluding hydrogens is 340 g/mol. The molecule has 0 aromatic heterocycles. The molecule has 0 fully saturated rings. The van der Waals surface area contributed by atoms with Crippen LogP contribution in [0.5, 0.6) is 5.75 Å². The summed E-state index contributed by atoms with van der Waals surface area (Å²) in [5.41, 5.74) is 2.56.